The van der Waals surface area contributed by atoms with Gasteiger partial charge in [-0.25, -0.2) is 4.79 Å². The molecule has 1 rings (SSSR count). The van der Waals surface area contributed by atoms with Gasteiger partial charge < -0.3 is 16.2 Å². The first-order chi connectivity index (χ1) is 8.97. The summed E-state index contributed by atoms with van der Waals surface area (Å²) in [7, 11) is 0. The molecule has 0 aromatic heterocycles. The normalized spacial score (nSPS) is 11.9. The number of hydrogen-bond acceptors (Lipinski definition) is 4. The van der Waals surface area contributed by atoms with Crippen LogP contribution in [-0.2, 0) is 4.79 Å². The lowest BCUT2D eigenvalue weighted by Gasteiger charge is -2.14. The summed E-state index contributed by atoms with van der Waals surface area (Å²) in [6.07, 6.45) is 2.54. The topological polar surface area (TPSA) is 92.4 Å². The molecule has 1 amide bonds. The molecule has 1 aromatic carbocycles. The number of carbonyl (C=O) groups excluding carboxylic acids is 1. The van der Waals surface area contributed by atoms with E-state index < -0.39 is 12.0 Å². The minimum Gasteiger partial charge on any atom is -0.478 e. The Hall–Kier alpha value is -1.53. The molecule has 0 aliphatic carbocycles. The first-order valence-electron chi connectivity index (χ1n) is 5.85. The molecule has 0 fully saturated rings. The molecule has 0 spiro atoms. The maximum Gasteiger partial charge on any atom is 0.336 e. The molecule has 1 atom stereocenters. The van der Waals surface area contributed by atoms with Crippen molar-refractivity contribution in [1.29, 1.82) is 0 Å². The Kier molecular flexibility index (Phi) is 5.85. The van der Waals surface area contributed by atoms with Crippen LogP contribution in [0.4, 0.5) is 5.69 Å². The van der Waals surface area contributed by atoms with Gasteiger partial charge in [0.05, 0.1) is 11.6 Å². The van der Waals surface area contributed by atoms with Gasteiger partial charge in [0, 0.05) is 5.69 Å². The average molecular weight is 282 g/mol. The highest BCUT2D eigenvalue weighted by atomic mass is 32.2. The summed E-state index contributed by atoms with van der Waals surface area (Å²) in [6, 6.07) is 4.18. The van der Waals surface area contributed by atoms with E-state index in [0.717, 1.165) is 5.75 Å². The van der Waals surface area contributed by atoms with Crippen LogP contribution in [0.5, 0.6) is 0 Å². The Morgan fingerprint density at radius 1 is 1.47 bits per heavy atom. The maximum absolute atomic E-state index is 11.9. The minimum absolute atomic E-state index is 0.176. The summed E-state index contributed by atoms with van der Waals surface area (Å²) >= 11 is 1.63. The van der Waals surface area contributed by atoms with Gasteiger partial charge in [-0.15, -0.1) is 0 Å². The molecule has 4 N–H and O–H groups in total. The Balaban J connectivity index is 2.80. The standard InChI is InChI=1S/C13H18N2O3S/c1-8-9(13(17)18)4-3-5-11(8)15-12(16)10(14)6-7-19-2/h3-5,10H,6-7,14H2,1-2H3,(H,15,16)(H,17,18)/t10-/m1/s1. The number of anilines is 1. The quantitative estimate of drug-likeness (QED) is 0.738. The van der Waals surface area contributed by atoms with E-state index in [0.29, 0.717) is 17.7 Å². The Morgan fingerprint density at radius 3 is 2.74 bits per heavy atom. The van der Waals surface area contributed by atoms with Crippen LogP contribution in [0.1, 0.15) is 22.3 Å². The van der Waals surface area contributed by atoms with Gasteiger partial charge in [-0.3, -0.25) is 4.79 Å². The fraction of sp³-hybridized carbons (Fsp3) is 0.385. The van der Waals surface area contributed by atoms with Gasteiger partial charge in [-0.1, -0.05) is 6.07 Å². The summed E-state index contributed by atoms with van der Waals surface area (Å²) < 4.78 is 0. The Morgan fingerprint density at radius 2 is 2.16 bits per heavy atom. The zero-order valence-corrected chi connectivity index (χ0v) is 11.8. The third kappa shape index (κ3) is 4.25. The van der Waals surface area contributed by atoms with Gasteiger partial charge in [-0.2, -0.15) is 11.8 Å². The summed E-state index contributed by atoms with van der Waals surface area (Å²) in [5, 5.41) is 11.7. The van der Waals surface area contributed by atoms with E-state index in [4.69, 9.17) is 10.8 Å². The van der Waals surface area contributed by atoms with Crippen molar-refractivity contribution in [2.75, 3.05) is 17.3 Å². The molecule has 104 valence electrons. The number of amides is 1. The molecule has 0 bridgehead atoms. The molecule has 19 heavy (non-hydrogen) atoms. The second-order valence-electron chi connectivity index (χ2n) is 4.16. The van der Waals surface area contributed by atoms with Gasteiger partial charge in [0.25, 0.3) is 0 Å². The molecular formula is C13H18N2O3S. The fourth-order valence-electron chi connectivity index (χ4n) is 1.60. The molecule has 0 aliphatic rings. The summed E-state index contributed by atoms with van der Waals surface area (Å²) in [5.41, 5.74) is 6.95. The molecule has 1 aromatic rings. The maximum atomic E-state index is 11.9. The number of benzene rings is 1. The fourth-order valence-corrected chi connectivity index (χ4v) is 2.09. The lowest BCUT2D eigenvalue weighted by molar-refractivity contribution is -0.117. The molecule has 0 unspecified atom stereocenters. The van der Waals surface area contributed by atoms with E-state index in [-0.39, 0.29) is 11.5 Å². The van der Waals surface area contributed by atoms with E-state index in [1.807, 2.05) is 6.26 Å². The van der Waals surface area contributed by atoms with Crippen LogP contribution in [-0.4, -0.2) is 35.0 Å². The van der Waals surface area contributed by atoms with Crippen molar-refractivity contribution in [3.63, 3.8) is 0 Å². The molecule has 0 radical (unpaired) electrons. The van der Waals surface area contributed by atoms with E-state index in [2.05, 4.69) is 5.32 Å². The number of carboxylic acid groups (broad SMARTS) is 1. The molecule has 0 aliphatic heterocycles. The van der Waals surface area contributed by atoms with Crippen molar-refractivity contribution in [2.45, 2.75) is 19.4 Å². The second-order valence-corrected chi connectivity index (χ2v) is 5.15. The van der Waals surface area contributed by atoms with Crippen LogP contribution in [0.2, 0.25) is 0 Å². The number of nitrogens with two attached hydrogens (primary N) is 1. The van der Waals surface area contributed by atoms with Gasteiger partial charge >= 0.3 is 5.97 Å². The predicted octanol–water partition coefficient (Wildman–Crippen LogP) is 1.71. The summed E-state index contributed by atoms with van der Waals surface area (Å²) in [5.74, 6) is -0.497. The zero-order chi connectivity index (χ0) is 14.4. The van der Waals surface area contributed by atoms with Crippen molar-refractivity contribution in [3.05, 3.63) is 29.3 Å². The molecular weight excluding hydrogens is 264 g/mol. The smallest absolute Gasteiger partial charge is 0.336 e. The Bertz CT molecular complexity index is 477. The van der Waals surface area contributed by atoms with E-state index in [9.17, 15) is 9.59 Å². The van der Waals surface area contributed by atoms with Crippen LogP contribution in [0.25, 0.3) is 0 Å². The third-order valence-electron chi connectivity index (χ3n) is 2.79. The van der Waals surface area contributed by atoms with Gasteiger partial charge in [-0.05, 0) is 43.0 Å². The van der Waals surface area contributed by atoms with Crippen LogP contribution < -0.4 is 11.1 Å². The number of aromatic carboxylic acids is 1. The third-order valence-corrected chi connectivity index (χ3v) is 3.44. The second kappa shape index (κ2) is 7.16. The van der Waals surface area contributed by atoms with Crippen LogP contribution in [0, 0.1) is 6.92 Å². The first kappa shape index (κ1) is 15.5. The van der Waals surface area contributed by atoms with Crippen molar-refractivity contribution in [1.82, 2.24) is 0 Å². The lowest BCUT2D eigenvalue weighted by Crippen LogP contribution is -2.36. The average Bonchev–Trinajstić information content (AvgIpc) is 2.37. The first-order valence-corrected chi connectivity index (χ1v) is 7.25. The van der Waals surface area contributed by atoms with Crippen molar-refractivity contribution in [2.24, 2.45) is 5.73 Å². The van der Waals surface area contributed by atoms with Crippen molar-refractivity contribution >= 4 is 29.3 Å². The number of rotatable bonds is 6. The van der Waals surface area contributed by atoms with Gasteiger partial charge in [0.2, 0.25) is 5.91 Å². The van der Waals surface area contributed by atoms with E-state index in [1.54, 1.807) is 30.8 Å². The van der Waals surface area contributed by atoms with Gasteiger partial charge in [0.15, 0.2) is 0 Å². The van der Waals surface area contributed by atoms with Gasteiger partial charge in [0.1, 0.15) is 0 Å². The summed E-state index contributed by atoms with van der Waals surface area (Å²) in [4.78, 5) is 22.9. The molecule has 6 heteroatoms. The van der Waals surface area contributed by atoms with Crippen LogP contribution >= 0.6 is 11.8 Å². The molecule has 5 nitrogen and oxygen atoms in total. The van der Waals surface area contributed by atoms with Crippen LogP contribution in [0.15, 0.2) is 18.2 Å². The number of carbonyl (C=O) groups is 2. The minimum atomic E-state index is -1.01. The zero-order valence-electron chi connectivity index (χ0n) is 11.0. The largest absolute Gasteiger partial charge is 0.478 e. The van der Waals surface area contributed by atoms with Crippen molar-refractivity contribution < 1.29 is 14.7 Å². The highest BCUT2D eigenvalue weighted by Gasteiger charge is 2.16. The number of hydrogen-bond donors (Lipinski definition) is 3. The molecule has 0 saturated heterocycles. The summed E-state index contributed by atoms with van der Waals surface area (Å²) in [6.45, 7) is 1.66. The van der Waals surface area contributed by atoms with Crippen molar-refractivity contribution in [3.8, 4) is 0 Å². The number of thioether (sulfide) groups is 1. The van der Waals surface area contributed by atoms with E-state index >= 15 is 0 Å². The molecule has 0 heterocycles. The highest BCUT2D eigenvalue weighted by molar-refractivity contribution is 7.98. The lowest BCUT2D eigenvalue weighted by atomic mass is 10.1. The SMILES string of the molecule is CSCC[C@@H](N)C(=O)Nc1cccc(C(=O)O)c1C. The Labute approximate surface area is 116 Å². The van der Waals surface area contributed by atoms with Crippen LogP contribution in [0.3, 0.4) is 0 Å². The number of nitrogens with one attached hydrogen (secondary N) is 1. The predicted molar refractivity (Wildman–Crippen MR) is 77.7 cm³/mol. The highest BCUT2D eigenvalue weighted by Crippen LogP contribution is 2.19. The van der Waals surface area contributed by atoms with E-state index in [1.165, 1.54) is 6.07 Å². The number of carboxylic acids is 1. The molecule has 0 saturated carbocycles. The monoisotopic (exact) mass is 282 g/mol.